The molecule has 0 N–H and O–H groups in total. The molecular formula is C11H15N3O3. The Bertz CT molecular complexity index is 485. The molecule has 92 valence electrons. The Morgan fingerprint density at radius 1 is 1.53 bits per heavy atom. The van der Waals surface area contributed by atoms with Crippen molar-refractivity contribution in [2.75, 3.05) is 0 Å². The van der Waals surface area contributed by atoms with Crippen LogP contribution in [0.4, 0.5) is 5.82 Å². The van der Waals surface area contributed by atoms with Crippen molar-refractivity contribution in [3.63, 3.8) is 0 Å². The zero-order valence-corrected chi connectivity index (χ0v) is 10.1. The van der Waals surface area contributed by atoms with E-state index in [9.17, 15) is 14.9 Å². The molecule has 1 aromatic rings. The fourth-order valence-corrected chi connectivity index (χ4v) is 1.92. The molecule has 6 heteroatoms. The van der Waals surface area contributed by atoms with Gasteiger partial charge in [0.2, 0.25) is 0 Å². The zero-order valence-electron chi connectivity index (χ0n) is 10.1. The molecule has 2 rings (SSSR count). The Morgan fingerprint density at radius 3 is 2.53 bits per heavy atom. The topological polar surface area (TPSA) is 78.0 Å². The molecule has 1 aliphatic rings. The van der Waals surface area contributed by atoms with E-state index in [4.69, 9.17) is 0 Å². The van der Waals surface area contributed by atoms with Crippen LogP contribution in [0.5, 0.6) is 0 Å². The first kappa shape index (κ1) is 11.8. The highest BCUT2D eigenvalue weighted by Gasteiger charge is 2.38. The van der Waals surface area contributed by atoms with Gasteiger partial charge in [0.25, 0.3) is 0 Å². The third kappa shape index (κ3) is 1.94. The van der Waals surface area contributed by atoms with Crippen LogP contribution in [0, 0.1) is 10.1 Å². The lowest BCUT2D eigenvalue weighted by atomic mass is 9.87. The number of carbonyl (C=O) groups is 1. The number of nitrogens with zero attached hydrogens (tertiary/aromatic N) is 3. The second-order valence-electron chi connectivity index (χ2n) is 5.36. The third-order valence-corrected chi connectivity index (χ3v) is 3.01. The summed E-state index contributed by atoms with van der Waals surface area (Å²) in [6, 6.07) is 1.16. The molecule has 1 saturated carbocycles. The highest BCUT2D eigenvalue weighted by molar-refractivity contribution is 5.88. The smallest absolute Gasteiger partial charge is 0.358 e. The van der Waals surface area contributed by atoms with Crippen LogP contribution in [0.2, 0.25) is 0 Å². The van der Waals surface area contributed by atoms with Gasteiger partial charge < -0.3 is 10.1 Å². The number of rotatable bonds is 2. The fraction of sp³-hybridized carbons (Fsp3) is 0.636. The molecule has 17 heavy (non-hydrogen) atoms. The molecule has 0 spiro atoms. The molecule has 0 aromatic carbocycles. The van der Waals surface area contributed by atoms with Gasteiger partial charge in [-0.25, -0.2) is 0 Å². The average molecular weight is 237 g/mol. The summed E-state index contributed by atoms with van der Waals surface area (Å²) < 4.78 is 1.53. The molecule has 0 saturated heterocycles. The standard InChI is InChI=1S/C11H15N3O3/c1-11(2,3)9-6-10(14(16)17)12-13(9)7-4-5-8(7)15/h6-7H,4-5H2,1-3H3. The normalized spacial score (nSPS) is 20.2. The Hall–Kier alpha value is -1.72. The van der Waals surface area contributed by atoms with E-state index in [1.165, 1.54) is 10.7 Å². The van der Waals surface area contributed by atoms with Crippen LogP contribution >= 0.6 is 0 Å². The van der Waals surface area contributed by atoms with E-state index in [1.807, 2.05) is 20.8 Å². The van der Waals surface area contributed by atoms with Crippen molar-refractivity contribution in [1.82, 2.24) is 9.78 Å². The number of ketones is 1. The summed E-state index contributed by atoms with van der Waals surface area (Å²) in [4.78, 5) is 21.7. The number of hydrogen-bond donors (Lipinski definition) is 0. The van der Waals surface area contributed by atoms with Crippen molar-refractivity contribution < 1.29 is 9.72 Å². The van der Waals surface area contributed by atoms with Crippen molar-refractivity contribution in [3.8, 4) is 0 Å². The molecular weight excluding hydrogens is 222 g/mol. The molecule has 0 aliphatic heterocycles. The molecule has 1 atom stereocenters. The van der Waals surface area contributed by atoms with Crippen LogP contribution in [0.3, 0.4) is 0 Å². The van der Waals surface area contributed by atoms with Gasteiger partial charge in [-0.15, -0.1) is 0 Å². The van der Waals surface area contributed by atoms with Crippen LogP contribution in [-0.2, 0) is 10.2 Å². The minimum absolute atomic E-state index is 0.105. The van der Waals surface area contributed by atoms with Gasteiger partial charge in [0, 0.05) is 11.8 Å². The first-order chi connectivity index (χ1) is 7.80. The van der Waals surface area contributed by atoms with Gasteiger partial charge in [0.15, 0.2) is 5.78 Å². The number of aromatic nitrogens is 2. The van der Waals surface area contributed by atoms with E-state index in [0.717, 1.165) is 12.1 Å². The van der Waals surface area contributed by atoms with E-state index < -0.39 is 4.92 Å². The first-order valence-corrected chi connectivity index (χ1v) is 5.58. The predicted molar refractivity (Wildman–Crippen MR) is 60.9 cm³/mol. The summed E-state index contributed by atoms with van der Waals surface area (Å²) in [6.07, 6.45) is 1.27. The summed E-state index contributed by atoms with van der Waals surface area (Å²) in [6.45, 7) is 5.86. The lowest BCUT2D eigenvalue weighted by Gasteiger charge is -2.26. The van der Waals surface area contributed by atoms with E-state index in [0.29, 0.717) is 6.42 Å². The molecule has 1 aromatic heterocycles. The molecule has 1 aliphatic carbocycles. The highest BCUT2D eigenvalue weighted by Crippen LogP contribution is 2.34. The van der Waals surface area contributed by atoms with Gasteiger partial charge >= 0.3 is 5.82 Å². The van der Waals surface area contributed by atoms with Crippen molar-refractivity contribution >= 4 is 11.6 Å². The zero-order chi connectivity index (χ0) is 12.8. The van der Waals surface area contributed by atoms with E-state index in [-0.39, 0.29) is 23.1 Å². The third-order valence-electron chi connectivity index (χ3n) is 3.01. The van der Waals surface area contributed by atoms with Gasteiger partial charge in [-0.2, -0.15) is 4.68 Å². The van der Waals surface area contributed by atoms with Gasteiger partial charge in [-0.3, -0.25) is 4.79 Å². The van der Waals surface area contributed by atoms with Crippen LogP contribution in [0.25, 0.3) is 0 Å². The van der Waals surface area contributed by atoms with Crippen LogP contribution in [0.1, 0.15) is 45.3 Å². The maximum absolute atomic E-state index is 11.5. The predicted octanol–water partition coefficient (Wildman–Crippen LogP) is 1.99. The highest BCUT2D eigenvalue weighted by atomic mass is 16.6. The minimum Gasteiger partial charge on any atom is -0.358 e. The van der Waals surface area contributed by atoms with Crippen LogP contribution < -0.4 is 0 Å². The quantitative estimate of drug-likeness (QED) is 0.582. The van der Waals surface area contributed by atoms with Crippen molar-refractivity contribution in [2.24, 2.45) is 0 Å². The van der Waals surface area contributed by atoms with Crippen molar-refractivity contribution in [3.05, 3.63) is 21.9 Å². The van der Waals surface area contributed by atoms with Crippen molar-refractivity contribution in [2.45, 2.75) is 45.1 Å². The Labute approximate surface area is 98.8 Å². The number of nitro groups is 1. The Balaban J connectivity index is 2.48. The maximum Gasteiger partial charge on any atom is 0.390 e. The first-order valence-electron chi connectivity index (χ1n) is 5.58. The van der Waals surface area contributed by atoms with Crippen LogP contribution in [0.15, 0.2) is 6.07 Å². The second kappa shape index (κ2) is 3.65. The lowest BCUT2D eigenvalue weighted by Crippen LogP contribution is -2.33. The summed E-state index contributed by atoms with van der Waals surface area (Å²) in [5.41, 5.74) is 0.471. The lowest BCUT2D eigenvalue weighted by molar-refractivity contribution is -0.389. The fourth-order valence-electron chi connectivity index (χ4n) is 1.92. The van der Waals surface area contributed by atoms with Gasteiger partial charge in [-0.05, 0) is 11.3 Å². The minimum atomic E-state index is -0.519. The monoisotopic (exact) mass is 237 g/mol. The molecule has 1 fully saturated rings. The Kier molecular flexibility index (Phi) is 2.52. The van der Waals surface area contributed by atoms with Gasteiger partial charge in [0.1, 0.15) is 6.04 Å². The molecule has 0 bridgehead atoms. The van der Waals surface area contributed by atoms with E-state index in [2.05, 4.69) is 5.10 Å². The second-order valence-corrected chi connectivity index (χ2v) is 5.36. The summed E-state index contributed by atoms with van der Waals surface area (Å²) >= 11 is 0. The van der Waals surface area contributed by atoms with Crippen LogP contribution in [-0.4, -0.2) is 20.5 Å². The van der Waals surface area contributed by atoms with Gasteiger partial charge in [-0.1, -0.05) is 20.8 Å². The van der Waals surface area contributed by atoms with Gasteiger partial charge in [0.05, 0.1) is 16.9 Å². The number of Topliss-reactive ketones (excluding diaryl/α,β-unsaturated/α-hetero) is 1. The largest absolute Gasteiger partial charge is 0.390 e. The summed E-state index contributed by atoms with van der Waals surface area (Å²) in [5.74, 6) is -0.0804. The average Bonchev–Trinajstić information content (AvgIpc) is 2.59. The van der Waals surface area contributed by atoms with E-state index >= 15 is 0 Å². The Morgan fingerprint density at radius 2 is 2.18 bits per heavy atom. The summed E-state index contributed by atoms with van der Waals surface area (Å²) in [7, 11) is 0. The molecule has 0 amide bonds. The molecule has 1 heterocycles. The SMILES string of the molecule is CC(C)(C)c1cc([N+](=O)[O-])nn1C1CCC1=O. The summed E-state index contributed by atoms with van der Waals surface area (Å²) in [5, 5.41) is 14.7. The number of hydrogen-bond acceptors (Lipinski definition) is 4. The molecule has 1 unspecified atom stereocenters. The molecule has 6 nitrogen and oxygen atoms in total. The number of carbonyl (C=O) groups excluding carboxylic acids is 1. The molecule has 0 radical (unpaired) electrons. The van der Waals surface area contributed by atoms with Crippen molar-refractivity contribution in [1.29, 1.82) is 0 Å². The maximum atomic E-state index is 11.5. The van der Waals surface area contributed by atoms with E-state index in [1.54, 1.807) is 0 Å².